The van der Waals surface area contributed by atoms with E-state index in [1.807, 2.05) is 50.9 Å². The van der Waals surface area contributed by atoms with Crippen molar-refractivity contribution in [3.05, 3.63) is 83.7 Å². The number of nitrogens with zero attached hydrogens (tertiary/aromatic N) is 5. The second kappa shape index (κ2) is 8.34. The zero-order valence-corrected chi connectivity index (χ0v) is 17.4. The number of carbonyl (C=O) groups excluding carboxylic acids is 2. The number of hydrogen-bond donors (Lipinski definition) is 0. The van der Waals surface area contributed by atoms with Gasteiger partial charge in [0.05, 0.1) is 5.56 Å². The molecule has 0 radical (unpaired) electrons. The summed E-state index contributed by atoms with van der Waals surface area (Å²) in [6, 6.07) is 13.1. The van der Waals surface area contributed by atoms with Crippen LogP contribution in [0.25, 0.3) is 0 Å². The lowest BCUT2D eigenvalue weighted by Gasteiger charge is -2.36. The van der Waals surface area contributed by atoms with Crippen LogP contribution in [-0.2, 0) is 6.54 Å². The van der Waals surface area contributed by atoms with E-state index in [-0.39, 0.29) is 17.9 Å². The number of imidazole rings is 1. The molecule has 0 aliphatic carbocycles. The minimum absolute atomic E-state index is 0.0152. The second-order valence-corrected chi connectivity index (χ2v) is 8.08. The van der Waals surface area contributed by atoms with Gasteiger partial charge in [0.15, 0.2) is 0 Å². The van der Waals surface area contributed by atoms with Gasteiger partial charge >= 0.3 is 0 Å². The lowest BCUT2D eigenvalue weighted by atomic mass is 10.0. The molecular weight excluding hydrogens is 390 g/mol. The SMILES string of the molecule is O=C(c1cn2c(n1)C(c1ccccc1)N(C(=O)c1cccnc1)CC2)N1CCCCC1. The maximum Gasteiger partial charge on any atom is 0.274 e. The molecule has 0 saturated carbocycles. The summed E-state index contributed by atoms with van der Waals surface area (Å²) < 4.78 is 2.03. The third-order valence-electron chi connectivity index (χ3n) is 6.09. The minimum atomic E-state index is -0.356. The molecule has 158 valence electrons. The molecule has 1 unspecified atom stereocenters. The van der Waals surface area contributed by atoms with E-state index in [0.717, 1.165) is 37.3 Å². The van der Waals surface area contributed by atoms with E-state index < -0.39 is 0 Å². The van der Waals surface area contributed by atoms with E-state index in [9.17, 15) is 9.59 Å². The molecule has 2 amide bonds. The highest BCUT2D eigenvalue weighted by atomic mass is 16.2. The van der Waals surface area contributed by atoms with Crippen LogP contribution in [0.3, 0.4) is 0 Å². The normalized spacial score (nSPS) is 18.5. The average Bonchev–Trinajstić information content (AvgIpc) is 3.28. The number of benzene rings is 1. The van der Waals surface area contributed by atoms with Crippen molar-refractivity contribution in [3.8, 4) is 0 Å². The number of fused-ring (bicyclic) bond motifs is 1. The standard InChI is InChI=1S/C24H25N5O2/c30-23(19-10-7-11-25-16-19)29-15-14-28-17-20(24(31)27-12-5-2-6-13-27)26-22(28)21(29)18-8-3-1-4-9-18/h1,3-4,7-11,16-17,21H,2,5-6,12-15H2. The topological polar surface area (TPSA) is 71.3 Å². The molecule has 2 aromatic heterocycles. The maximum absolute atomic E-state index is 13.4. The van der Waals surface area contributed by atoms with Crippen molar-refractivity contribution in [1.29, 1.82) is 0 Å². The van der Waals surface area contributed by atoms with Gasteiger partial charge in [0.2, 0.25) is 0 Å². The van der Waals surface area contributed by atoms with Gasteiger partial charge in [0, 0.05) is 44.8 Å². The summed E-state index contributed by atoms with van der Waals surface area (Å²) in [4.78, 5) is 39.0. The highest BCUT2D eigenvalue weighted by molar-refractivity contribution is 5.95. The summed E-state index contributed by atoms with van der Waals surface area (Å²) in [6.45, 7) is 2.71. The Morgan fingerprint density at radius 1 is 0.871 bits per heavy atom. The first-order valence-electron chi connectivity index (χ1n) is 10.8. The Hall–Kier alpha value is -3.48. The quantitative estimate of drug-likeness (QED) is 0.659. The molecule has 2 aliphatic heterocycles. The third kappa shape index (κ3) is 3.71. The fourth-order valence-corrected chi connectivity index (χ4v) is 4.51. The lowest BCUT2D eigenvalue weighted by molar-refractivity contribution is 0.0658. The minimum Gasteiger partial charge on any atom is -0.337 e. The van der Waals surface area contributed by atoms with Crippen molar-refractivity contribution in [2.75, 3.05) is 19.6 Å². The molecule has 1 atom stereocenters. The average molecular weight is 415 g/mol. The Morgan fingerprint density at radius 2 is 1.68 bits per heavy atom. The molecule has 7 heteroatoms. The largest absolute Gasteiger partial charge is 0.337 e. The van der Waals surface area contributed by atoms with E-state index in [4.69, 9.17) is 4.98 Å². The molecule has 4 heterocycles. The molecule has 3 aromatic rings. The summed E-state index contributed by atoms with van der Waals surface area (Å²) in [6.07, 6.45) is 8.36. The fourth-order valence-electron chi connectivity index (χ4n) is 4.51. The third-order valence-corrected chi connectivity index (χ3v) is 6.09. The van der Waals surface area contributed by atoms with Crippen LogP contribution in [0.1, 0.15) is 57.5 Å². The van der Waals surface area contributed by atoms with Crippen LogP contribution in [0.15, 0.2) is 61.1 Å². The number of piperidine rings is 1. The highest BCUT2D eigenvalue weighted by Crippen LogP contribution is 2.33. The summed E-state index contributed by atoms with van der Waals surface area (Å²) in [5, 5.41) is 0. The molecule has 0 bridgehead atoms. The maximum atomic E-state index is 13.4. The van der Waals surface area contributed by atoms with Crippen LogP contribution in [0.2, 0.25) is 0 Å². The van der Waals surface area contributed by atoms with Crippen LogP contribution in [0.5, 0.6) is 0 Å². The van der Waals surface area contributed by atoms with Crippen LogP contribution < -0.4 is 0 Å². The Bertz CT molecular complexity index is 1070. The Balaban J connectivity index is 1.52. The molecule has 2 aliphatic rings. The lowest BCUT2D eigenvalue weighted by Crippen LogP contribution is -2.42. The number of aromatic nitrogens is 3. The van der Waals surface area contributed by atoms with E-state index in [0.29, 0.717) is 24.3 Å². The monoisotopic (exact) mass is 415 g/mol. The van der Waals surface area contributed by atoms with Crippen LogP contribution in [0.4, 0.5) is 0 Å². The number of hydrogen-bond acceptors (Lipinski definition) is 4. The summed E-state index contributed by atoms with van der Waals surface area (Å²) >= 11 is 0. The van der Waals surface area contributed by atoms with Gasteiger partial charge in [-0.3, -0.25) is 14.6 Å². The molecule has 0 N–H and O–H groups in total. The van der Waals surface area contributed by atoms with Gasteiger partial charge in [0.25, 0.3) is 11.8 Å². The molecule has 0 spiro atoms. The second-order valence-electron chi connectivity index (χ2n) is 8.08. The molecule has 31 heavy (non-hydrogen) atoms. The predicted octanol–water partition coefficient (Wildman–Crippen LogP) is 3.15. The molecule has 1 saturated heterocycles. The first-order chi connectivity index (χ1) is 15.2. The Morgan fingerprint density at radius 3 is 2.42 bits per heavy atom. The molecule has 1 fully saturated rings. The number of likely N-dealkylation sites (tertiary alicyclic amines) is 1. The van der Waals surface area contributed by atoms with Crippen molar-refractivity contribution in [3.63, 3.8) is 0 Å². The molecule has 7 nitrogen and oxygen atoms in total. The van der Waals surface area contributed by atoms with Gasteiger partial charge in [0.1, 0.15) is 17.6 Å². The predicted molar refractivity (Wildman–Crippen MR) is 116 cm³/mol. The van der Waals surface area contributed by atoms with Gasteiger partial charge in [-0.05, 0) is 37.0 Å². The van der Waals surface area contributed by atoms with Crippen molar-refractivity contribution in [2.24, 2.45) is 0 Å². The number of pyridine rings is 1. The van der Waals surface area contributed by atoms with Gasteiger partial charge in [-0.15, -0.1) is 0 Å². The van der Waals surface area contributed by atoms with Crippen molar-refractivity contribution in [1.82, 2.24) is 24.3 Å². The van der Waals surface area contributed by atoms with Crippen molar-refractivity contribution >= 4 is 11.8 Å². The van der Waals surface area contributed by atoms with E-state index in [2.05, 4.69) is 4.98 Å². The summed E-state index contributed by atoms with van der Waals surface area (Å²) in [5.41, 5.74) is 1.99. The summed E-state index contributed by atoms with van der Waals surface area (Å²) in [7, 11) is 0. The molecule has 1 aromatic carbocycles. The van der Waals surface area contributed by atoms with Crippen LogP contribution >= 0.6 is 0 Å². The highest BCUT2D eigenvalue weighted by Gasteiger charge is 2.36. The van der Waals surface area contributed by atoms with Gasteiger partial charge in [-0.1, -0.05) is 30.3 Å². The first kappa shape index (κ1) is 19.5. The van der Waals surface area contributed by atoms with Crippen molar-refractivity contribution < 1.29 is 9.59 Å². The number of carbonyl (C=O) groups is 2. The Labute approximate surface area is 181 Å². The first-order valence-corrected chi connectivity index (χ1v) is 10.8. The van der Waals surface area contributed by atoms with E-state index in [1.54, 1.807) is 24.5 Å². The van der Waals surface area contributed by atoms with Crippen LogP contribution in [-0.4, -0.2) is 55.8 Å². The smallest absolute Gasteiger partial charge is 0.274 e. The molecular formula is C24H25N5O2. The van der Waals surface area contributed by atoms with E-state index >= 15 is 0 Å². The number of amides is 2. The summed E-state index contributed by atoms with van der Waals surface area (Å²) in [5.74, 6) is 0.633. The van der Waals surface area contributed by atoms with Gasteiger partial charge in [-0.25, -0.2) is 4.98 Å². The van der Waals surface area contributed by atoms with E-state index in [1.165, 1.54) is 6.42 Å². The number of rotatable bonds is 3. The van der Waals surface area contributed by atoms with Gasteiger partial charge < -0.3 is 14.4 Å². The zero-order chi connectivity index (χ0) is 21.2. The van der Waals surface area contributed by atoms with Crippen molar-refractivity contribution in [2.45, 2.75) is 31.8 Å². The Kier molecular flexibility index (Phi) is 5.24. The zero-order valence-electron chi connectivity index (χ0n) is 17.4. The molecule has 5 rings (SSSR count). The van der Waals surface area contributed by atoms with Gasteiger partial charge in [-0.2, -0.15) is 0 Å². The fraction of sp³-hybridized carbons (Fsp3) is 0.333. The van der Waals surface area contributed by atoms with Crippen LogP contribution in [0, 0.1) is 0 Å².